The lowest BCUT2D eigenvalue weighted by molar-refractivity contribution is 0.132. The van der Waals surface area contributed by atoms with E-state index in [4.69, 9.17) is 5.73 Å². The molecule has 1 aromatic rings. The molecule has 1 saturated heterocycles. The second-order valence-corrected chi connectivity index (χ2v) is 7.92. The lowest BCUT2D eigenvalue weighted by atomic mass is 10.0. The molecule has 1 aliphatic heterocycles. The Balaban J connectivity index is 0.00000136. The molecule has 3 unspecified atom stereocenters. The van der Waals surface area contributed by atoms with Crippen molar-refractivity contribution in [3.8, 4) is 0 Å². The van der Waals surface area contributed by atoms with E-state index in [0.717, 1.165) is 30.6 Å². The van der Waals surface area contributed by atoms with Gasteiger partial charge in [-0.05, 0) is 69.2 Å². The molecule has 1 heterocycles. The van der Waals surface area contributed by atoms with E-state index in [1.54, 1.807) is 0 Å². The number of nitrogens with one attached hydrogen (secondary N) is 1. The predicted molar refractivity (Wildman–Crippen MR) is 125 cm³/mol. The van der Waals surface area contributed by atoms with Crippen LogP contribution in [0.2, 0.25) is 0 Å². The van der Waals surface area contributed by atoms with Gasteiger partial charge in [0.1, 0.15) is 0 Å². The molecule has 3 rings (SSSR count). The maximum absolute atomic E-state index is 6.09. The summed E-state index contributed by atoms with van der Waals surface area (Å²) in [6, 6.07) is 10.3. The number of allylic oxidation sites excluding steroid dienone is 2. The van der Waals surface area contributed by atoms with Crippen molar-refractivity contribution in [2.45, 2.75) is 84.0 Å². The van der Waals surface area contributed by atoms with Crippen molar-refractivity contribution in [2.75, 3.05) is 11.1 Å². The molecule has 2 aliphatic rings. The van der Waals surface area contributed by atoms with Crippen LogP contribution in [-0.4, -0.2) is 29.1 Å². The topological polar surface area (TPSA) is 41.3 Å². The van der Waals surface area contributed by atoms with Crippen molar-refractivity contribution >= 4 is 11.4 Å². The molecule has 3 N–H and O–H groups in total. The van der Waals surface area contributed by atoms with Gasteiger partial charge in [0, 0.05) is 24.2 Å². The SMILES string of the molecule is C=CC1=C(C=C)CC(N2C(C)CCC2CC(C)Nc2ccccc2N)C1.CC. The van der Waals surface area contributed by atoms with E-state index < -0.39 is 0 Å². The van der Waals surface area contributed by atoms with Crippen LogP contribution >= 0.6 is 0 Å². The van der Waals surface area contributed by atoms with Gasteiger partial charge >= 0.3 is 0 Å². The van der Waals surface area contributed by atoms with Crippen molar-refractivity contribution in [1.82, 2.24) is 4.90 Å². The number of anilines is 2. The molecule has 0 spiro atoms. The lowest BCUT2D eigenvalue weighted by Gasteiger charge is -2.36. The van der Waals surface area contributed by atoms with Crippen LogP contribution in [0.25, 0.3) is 0 Å². The number of hydrogen-bond acceptors (Lipinski definition) is 3. The van der Waals surface area contributed by atoms with Gasteiger partial charge in [-0.3, -0.25) is 4.90 Å². The van der Waals surface area contributed by atoms with Gasteiger partial charge in [-0.25, -0.2) is 0 Å². The highest BCUT2D eigenvalue weighted by Gasteiger charge is 2.38. The molecule has 3 heteroatoms. The first-order chi connectivity index (χ1) is 13.5. The first kappa shape index (κ1) is 22.3. The first-order valence-corrected chi connectivity index (χ1v) is 10.9. The van der Waals surface area contributed by atoms with Gasteiger partial charge in [0.25, 0.3) is 0 Å². The van der Waals surface area contributed by atoms with Crippen LogP contribution in [0.5, 0.6) is 0 Å². The van der Waals surface area contributed by atoms with Gasteiger partial charge < -0.3 is 11.1 Å². The zero-order chi connectivity index (χ0) is 20.7. The third-order valence-corrected chi connectivity index (χ3v) is 6.07. The molecule has 1 aliphatic carbocycles. The second-order valence-electron chi connectivity index (χ2n) is 7.92. The molecule has 0 amide bonds. The Morgan fingerprint density at radius 1 is 1.14 bits per heavy atom. The number of para-hydroxylation sites is 2. The van der Waals surface area contributed by atoms with E-state index in [-0.39, 0.29) is 0 Å². The minimum absolute atomic E-state index is 0.393. The number of nitrogens with two attached hydrogens (primary N) is 1. The third kappa shape index (κ3) is 5.08. The van der Waals surface area contributed by atoms with Crippen LogP contribution in [0, 0.1) is 0 Å². The fraction of sp³-hybridized carbons (Fsp3) is 0.520. The highest BCUT2D eigenvalue weighted by atomic mass is 15.2. The molecule has 0 saturated carbocycles. The van der Waals surface area contributed by atoms with E-state index in [9.17, 15) is 0 Å². The van der Waals surface area contributed by atoms with Gasteiger partial charge in [-0.1, -0.05) is 51.3 Å². The molecular formula is C25H39N3. The quantitative estimate of drug-likeness (QED) is 0.555. The van der Waals surface area contributed by atoms with Crippen LogP contribution in [-0.2, 0) is 0 Å². The molecule has 154 valence electrons. The van der Waals surface area contributed by atoms with Crippen LogP contribution in [0.1, 0.15) is 59.8 Å². The number of hydrogen-bond donors (Lipinski definition) is 2. The Bertz CT molecular complexity index is 671. The monoisotopic (exact) mass is 381 g/mol. The van der Waals surface area contributed by atoms with E-state index in [2.05, 4.69) is 43.3 Å². The molecular weight excluding hydrogens is 342 g/mol. The molecule has 1 fully saturated rings. The zero-order valence-corrected chi connectivity index (χ0v) is 18.2. The Morgan fingerprint density at radius 2 is 1.75 bits per heavy atom. The normalized spacial score (nSPS) is 23.9. The predicted octanol–water partition coefficient (Wildman–Crippen LogP) is 6.17. The summed E-state index contributed by atoms with van der Waals surface area (Å²) in [7, 11) is 0. The van der Waals surface area contributed by atoms with Crippen LogP contribution in [0.15, 0.2) is 60.7 Å². The summed E-state index contributed by atoms with van der Waals surface area (Å²) in [4.78, 5) is 2.77. The summed E-state index contributed by atoms with van der Waals surface area (Å²) < 4.78 is 0. The van der Waals surface area contributed by atoms with Gasteiger partial charge in [0.2, 0.25) is 0 Å². The van der Waals surface area contributed by atoms with E-state index in [1.807, 2.05) is 44.2 Å². The smallest absolute Gasteiger partial charge is 0.0575 e. The Morgan fingerprint density at radius 3 is 2.32 bits per heavy atom. The van der Waals surface area contributed by atoms with Gasteiger partial charge in [0.15, 0.2) is 0 Å². The summed E-state index contributed by atoms with van der Waals surface area (Å²) in [5.41, 5.74) is 10.7. The van der Waals surface area contributed by atoms with E-state index in [0.29, 0.717) is 24.2 Å². The molecule has 0 bridgehead atoms. The first-order valence-electron chi connectivity index (χ1n) is 10.9. The maximum Gasteiger partial charge on any atom is 0.0575 e. The van der Waals surface area contributed by atoms with Crippen molar-refractivity contribution in [2.24, 2.45) is 0 Å². The molecule has 0 radical (unpaired) electrons. The summed E-state index contributed by atoms with van der Waals surface area (Å²) in [6.07, 6.45) is 9.97. The second kappa shape index (κ2) is 10.5. The Hall–Kier alpha value is -2.00. The number of benzene rings is 1. The van der Waals surface area contributed by atoms with Crippen molar-refractivity contribution < 1.29 is 0 Å². The zero-order valence-electron chi connectivity index (χ0n) is 18.2. The number of likely N-dealkylation sites (tertiary alicyclic amines) is 1. The summed E-state index contributed by atoms with van der Waals surface area (Å²) in [5, 5.41) is 3.61. The molecule has 28 heavy (non-hydrogen) atoms. The van der Waals surface area contributed by atoms with Crippen LogP contribution in [0.3, 0.4) is 0 Å². The van der Waals surface area contributed by atoms with Gasteiger partial charge in [-0.15, -0.1) is 0 Å². The maximum atomic E-state index is 6.09. The van der Waals surface area contributed by atoms with Crippen LogP contribution < -0.4 is 11.1 Å². The van der Waals surface area contributed by atoms with E-state index >= 15 is 0 Å². The third-order valence-electron chi connectivity index (χ3n) is 6.07. The molecule has 0 aromatic heterocycles. The number of rotatable bonds is 7. The van der Waals surface area contributed by atoms with Gasteiger partial charge in [0.05, 0.1) is 11.4 Å². The van der Waals surface area contributed by atoms with Crippen LogP contribution in [0.4, 0.5) is 11.4 Å². The molecule has 3 atom stereocenters. The minimum atomic E-state index is 0.393. The summed E-state index contributed by atoms with van der Waals surface area (Å²) >= 11 is 0. The van der Waals surface area contributed by atoms with Crippen molar-refractivity contribution in [3.63, 3.8) is 0 Å². The molecule has 1 aromatic carbocycles. The standard InChI is InChI=1S/C23H33N3.C2H6/c1-5-18-14-21(15-19(18)6-2)26-17(4)11-12-20(26)13-16(3)25-23-10-8-7-9-22(23)24;1-2/h5-10,16-17,20-21,25H,1-2,11-15,24H2,3-4H3;1-2H3. The highest BCUT2D eigenvalue weighted by Crippen LogP contribution is 2.38. The minimum Gasteiger partial charge on any atom is -0.397 e. The molecule has 3 nitrogen and oxygen atoms in total. The average Bonchev–Trinajstić information content (AvgIpc) is 3.27. The lowest BCUT2D eigenvalue weighted by Crippen LogP contribution is -2.44. The highest BCUT2D eigenvalue weighted by molar-refractivity contribution is 5.65. The summed E-state index contributed by atoms with van der Waals surface area (Å²) in [5.74, 6) is 0. The van der Waals surface area contributed by atoms with Crippen molar-refractivity contribution in [1.29, 1.82) is 0 Å². The van der Waals surface area contributed by atoms with E-state index in [1.165, 1.54) is 24.0 Å². The fourth-order valence-corrected chi connectivity index (χ4v) is 4.83. The number of nitrogens with zero attached hydrogens (tertiary/aromatic N) is 1. The Kier molecular flexibility index (Phi) is 8.37. The summed E-state index contributed by atoms with van der Waals surface area (Å²) in [6.45, 7) is 16.6. The largest absolute Gasteiger partial charge is 0.397 e. The van der Waals surface area contributed by atoms with Crippen molar-refractivity contribution in [3.05, 3.63) is 60.7 Å². The fourth-order valence-electron chi connectivity index (χ4n) is 4.83. The average molecular weight is 382 g/mol. The Labute approximate surface area is 172 Å². The van der Waals surface area contributed by atoms with Gasteiger partial charge in [-0.2, -0.15) is 0 Å². The number of nitrogen functional groups attached to an aromatic ring is 1.